The second kappa shape index (κ2) is 6.27. The maximum Gasteiger partial charge on any atom is 0.226 e. The zero-order chi connectivity index (χ0) is 15.5. The summed E-state index contributed by atoms with van der Waals surface area (Å²) in [6.07, 6.45) is 0.807. The summed E-state index contributed by atoms with van der Waals surface area (Å²) in [7, 11) is 1.98. The van der Waals surface area contributed by atoms with Crippen molar-refractivity contribution in [3.8, 4) is 0 Å². The summed E-state index contributed by atoms with van der Waals surface area (Å²) in [6.45, 7) is 5.45. The third-order valence-corrected chi connectivity index (χ3v) is 3.25. The maximum absolute atomic E-state index is 5.72. The van der Waals surface area contributed by atoms with Crippen molar-refractivity contribution in [3.63, 3.8) is 0 Å². The van der Waals surface area contributed by atoms with Crippen molar-refractivity contribution in [1.82, 2.24) is 20.0 Å². The van der Waals surface area contributed by atoms with Crippen molar-refractivity contribution in [1.29, 1.82) is 0 Å². The molecule has 3 aromatic rings. The fraction of sp³-hybridized carbons (Fsp3) is 0.438. The summed E-state index contributed by atoms with van der Waals surface area (Å²) in [5.41, 5.74) is 1.69. The van der Waals surface area contributed by atoms with Gasteiger partial charge >= 0.3 is 0 Å². The number of fused-ring (bicyclic) bond motifs is 1. The molecule has 3 rings (SSSR count). The van der Waals surface area contributed by atoms with E-state index in [9.17, 15) is 0 Å². The number of aromatic nitrogens is 3. The van der Waals surface area contributed by atoms with E-state index in [4.69, 9.17) is 8.94 Å². The van der Waals surface area contributed by atoms with Crippen molar-refractivity contribution < 1.29 is 8.94 Å². The molecule has 0 bridgehead atoms. The summed E-state index contributed by atoms with van der Waals surface area (Å²) >= 11 is 0. The Morgan fingerprint density at radius 1 is 1.09 bits per heavy atom. The second-order valence-electron chi connectivity index (χ2n) is 5.95. The molecule has 0 aliphatic rings. The van der Waals surface area contributed by atoms with E-state index in [0.29, 0.717) is 36.6 Å². The standard InChI is InChI=1S/C16H20N4O2/c1-11(2)8-15-18-14(19-22-15)9-20(3)10-16-17-12-6-4-5-7-13(12)21-16/h4-7,11H,8-10H2,1-3H3. The van der Waals surface area contributed by atoms with Gasteiger partial charge in [-0.2, -0.15) is 4.98 Å². The van der Waals surface area contributed by atoms with Crippen LogP contribution in [0.3, 0.4) is 0 Å². The van der Waals surface area contributed by atoms with Gasteiger partial charge in [0.15, 0.2) is 11.4 Å². The zero-order valence-corrected chi connectivity index (χ0v) is 13.1. The monoisotopic (exact) mass is 300 g/mol. The summed E-state index contributed by atoms with van der Waals surface area (Å²) in [5, 5.41) is 4.01. The smallest absolute Gasteiger partial charge is 0.226 e. The van der Waals surface area contributed by atoms with Gasteiger partial charge in [0, 0.05) is 6.42 Å². The van der Waals surface area contributed by atoms with E-state index < -0.39 is 0 Å². The Balaban J connectivity index is 1.62. The van der Waals surface area contributed by atoms with E-state index in [0.717, 1.165) is 17.5 Å². The van der Waals surface area contributed by atoms with Crippen LogP contribution in [0.4, 0.5) is 0 Å². The number of nitrogens with zero attached hydrogens (tertiary/aromatic N) is 4. The van der Waals surface area contributed by atoms with Gasteiger partial charge in [0.25, 0.3) is 0 Å². The molecule has 0 fully saturated rings. The average molecular weight is 300 g/mol. The van der Waals surface area contributed by atoms with Crippen LogP contribution in [0.15, 0.2) is 33.2 Å². The minimum atomic E-state index is 0.505. The van der Waals surface area contributed by atoms with Crippen molar-refractivity contribution in [3.05, 3.63) is 41.9 Å². The largest absolute Gasteiger partial charge is 0.439 e. The van der Waals surface area contributed by atoms with Crippen LogP contribution in [-0.4, -0.2) is 27.1 Å². The third-order valence-electron chi connectivity index (χ3n) is 3.25. The lowest BCUT2D eigenvalue weighted by Crippen LogP contribution is -2.18. The number of benzene rings is 1. The van der Waals surface area contributed by atoms with Crippen LogP contribution >= 0.6 is 0 Å². The van der Waals surface area contributed by atoms with Crippen LogP contribution in [0.1, 0.15) is 31.5 Å². The van der Waals surface area contributed by atoms with Crippen LogP contribution in [0.25, 0.3) is 11.1 Å². The molecule has 0 radical (unpaired) electrons. The van der Waals surface area contributed by atoms with Gasteiger partial charge in [0.1, 0.15) is 5.52 Å². The summed E-state index contributed by atoms with van der Waals surface area (Å²) in [4.78, 5) is 10.9. The fourth-order valence-corrected chi connectivity index (χ4v) is 2.30. The van der Waals surface area contributed by atoms with Crippen molar-refractivity contribution in [2.45, 2.75) is 33.4 Å². The molecule has 0 aliphatic heterocycles. The molecule has 2 heterocycles. The Morgan fingerprint density at radius 2 is 1.91 bits per heavy atom. The Morgan fingerprint density at radius 3 is 2.68 bits per heavy atom. The predicted molar refractivity (Wildman–Crippen MR) is 82.0 cm³/mol. The molecule has 6 nitrogen and oxygen atoms in total. The number of rotatable bonds is 6. The highest BCUT2D eigenvalue weighted by molar-refractivity contribution is 5.72. The first-order valence-electron chi connectivity index (χ1n) is 7.44. The Bertz CT molecular complexity index is 714. The van der Waals surface area contributed by atoms with Crippen LogP contribution in [0, 0.1) is 5.92 Å². The molecule has 0 unspecified atom stereocenters. The van der Waals surface area contributed by atoms with Gasteiger partial charge in [-0.25, -0.2) is 4.98 Å². The zero-order valence-electron chi connectivity index (χ0n) is 13.1. The van der Waals surface area contributed by atoms with E-state index in [1.54, 1.807) is 0 Å². The molecule has 0 N–H and O–H groups in total. The first-order chi connectivity index (χ1) is 10.6. The molecule has 0 atom stereocenters. The molecule has 0 saturated heterocycles. The van der Waals surface area contributed by atoms with Crippen LogP contribution in [0.2, 0.25) is 0 Å². The topological polar surface area (TPSA) is 68.2 Å². The van der Waals surface area contributed by atoms with Crippen molar-refractivity contribution in [2.24, 2.45) is 5.92 Å². The lowest BCUT2D eigenvalue weighted by molar-refractivity contribution is 0.272. The number of oxazole rings is 1. The van der Waals surface area contributed by atoms with E-state index in [1.807, 2.05) is 31.3 Å². The number of hydrogen-bond donors (Lipinski definition) is 0. The SMILES string of the molecule is CC(C)Cc1nc(CN(C)Cc2nc3ccccc3o2)no1. The second-order valence-corrected chi connectivity index (χ2v) is 5.95. The maximum atomic E-state index is 5.72. The van der Waals surface area contributed by atoms with Gasteiger partial charge in [-0.1, -0.05) is 31.1 Å². The van der Waals surface area contributed by atoms with E-state index in [-0.39, 0.29) is 0 Å². The number of para-hydroxylation sites is 2. The van der Waals surface area contributed by atoms with Crippen LogP contribution in [-0.2, 0) is 19.5 Å². The van der Waals surface area contributed by atoms with Gasteiger partial charge in [-0.15, -0.1) is 0 Å². The molecular weight excluding hydrogens is 280 g/mol. The molecule has 1 aromatic carbocycles. The average Bonchev–Trinajstić information content (AvgIpc) is 3.03. The molecule has 0 amide bonds. The molecular formula is C16H20N4O2. The van der Waals surface area contributed by atoms with Gasteiger partial charge in [-0.05, 0) is 25.1 Å². The Labute approximate surface area is 129 Å². The van der Waals surface area contributed by atoms with Crippen LogP contribution in [0.5, 0.6) is 0 Å². The lowest BCUT2D eigenvalue weighted by Gasteiger charge is -2.10. The van der Waals surface area contributed by atoms with Crippen LogP contribution < -0.4 is 0 Å². The molecule has 22 heavy (non-hydrogen) atoms. The van der Waals surface area contributed by atoms with Gasteiger partial charge in [-0.3, -0.25) is 4.90 Å². The molecule has 6 heteroatoms. The lowest BCUT2D eigenvalue weighted by atomic mass is 10.1. The molecule has 0 saturated carbocycles. The molecule has 2 aromatic heterocycles. The summed E-state index contributed by atoms with van der Waals surface area (Å²) in [6, 6.07) is 7.76. The van der Waals surface area contributed by atoms with E-state index >= 15 is 0 Å². The Hall–Kier alpha value is -2.21. The highest BCUT2D eigenvalue weighted by Gasteiger charge is 2.13. The van der Waals surface area contributed by atoms with Gasteiger partial charge < -0.3 is 8.94 Å². The highest BCUT2D eigenvalue weighted by atomic mass is 16.5. The van der Waals surface area contributed by atoms with Gasteiger partial charge in [0.05, 0.1) is 13.1 Å². The normalized spacial score (nSPS) is 11.9. The quantitative estimate of drug-likeness (QED) is 0.697. The van der Waals surface area contributed by atoms with E-state index in [2.05, 4.69) is 33.9 Å². The third kappa shape index (κ3) is 3.51. The summed E-state index contributed by atoms with van der Waals surface area (Å²) in [5.74, 6) is 2.58. The van der Waals surface area contributed by atoms with Crippen molar-refractivity contribution in [2.75, 3.05) is 7.05 Å². The predicted octanol–water partition coefficient (Wildman–Crippen LogP) is 3.04. The van der Waals surface area contributed by atoms with E-state index in [1.165, 1.54) is 0 Å². The first-order valence-corrected chi connectivity index (χ1v) is 7.44. The van der Waals surface area contributed by atoms with Gasteiger partial charge in [0.2, 0.25) is 11.8 Å². The first kappa shape index (κ1) is 14.7. The fourth-order valence-electron chi connectivity index (χ4n) is 2.30. The highest BCUT2D eigenvalue weighted by Crippen LogP contribution is 2.16. The molecule has 0 aliphatic carbocycles. The minimum absolute atomic E-state index is 0.505. The Kier molecular flexibility index (Phi) is 4.20. The molecule has 0 spiro atoms. The number of hydrogen-bond acceptors (Lipinski definition) is 6. The minimum Gasteiger partial charge on any atom is -0.439 e. The summed E-state index contributed by atoms with van der Waals surface area (Å²) < 4.78 is 11.0. The molecule has 116 valence electrons. The van der Waals surface area contributed by atoms with Crippen molar-refractivity contribution >= 4 is 11.1 Å².